The van der Waals surface area contributed by atoms with E-state index in [4.69, 9.17) is 15.6 Å². The van der Waals surface area contributed by atoms with E-state index < -0.39 is 0 Å². The lowest BCUT2D eigenvalue weighted by atomic mass is 9.80. The van der Waals surface area contributed by atoms with E-state index in [-0.39, 0.29) is 6.61 Å². The molecule has 25 heavy (non-hydrogen) atoms. The fourth-order valence-electron chi connectivity index (χ4n) is 3.96. The molecule has 1 aliphatic rings. The fraction of sp³-hybridized carbons (Fsp3) is 0.727. The summed E-state index contributed by atoms with van der Waals surface area (Å²) in [6, 6.07) is 7.04. The highest BCUT2D eigenvalue weighted by atomic mass is 16.5. The Hall–Kier alpha value is -0.900. The summed E-state index contributed by atoms with van der Waals surface area (Å²) >= 11 is 0. The summed E-state index contributed by atoms with van der Waals surface area (Å²) < 4.78 is 5.67. The van der Waals surface area contributed by atoms with Crippen molar-refractivity contribution in [2.24, 2.45) is 11.7 Å². The summed E-state index contributed by atoms with van der Waals surface area (Å²) in [4.78, 5) is 0. The smallest absolute Gasteiger partial charge is 0.0518 e. The first-order valence-corrected chi connectivity index (χ1v) is 10.2. The third-order valence-corrected chi connectivity index (χ3v) is 5.49. The van der Waals surface area contributed by atoms with E-state index in [2.05, 4.69) is 32.0 Å². The van der Waals surface area contributed by atoms with Gasteiger partial charge in [0.15, 0.2) is 0 Å². The summed E-state index contributed by atoms with van der Waals surface area (Å²) in [6.07, 6.45) is 9.53. The molecule has 0 fully saturated rings. The van der Waals surface area contributed by atoms with Gasteiger partial charge in [-0.25, -0.2) is 0 Å². The van der Waals surface area contributed by atoms with Crippen LogP contribution in [-0.2, 0) is 17.6 Å². The number of ether oxygens (including phenoxy) is 1. The van der Waals surface area contributed by atoms with Gasteiger partial charge in [-0.15, -0.1) is 0 Å². The largest absolute Gasteiger partial charge is 0.396 e. The minimum absolute atomic E-state index is 0.283. The summed E-state index contributed by atoms with van der Waals surface area (Å²) in [5, 5.41) is 8.97. The zero-order valence-electron chi connectivity index (χ0n) is 16.2. The fourth-order valence-corrected chi connectivity index (χ4v) is 3.96. The Morgan fingerprint density at radius 3 is 2.76 bits per heavy atom. The highest BCUT2D eigenvalue weighted by molar-refractivity contribution is 5.36. The zero-order chi connectivity index (χ0) is 18.1. The van der Waals surface area contributed by atoms with Gasteiger partial charge in [0.1, 0.15) is 0 Å². The Bertz CT molecular complexity index is 501. The number of fused-ring (bicyclic) bond motifs is 1. The van der Waals surface area contributed by atoms with E-state index in [9.17, 15) is 0 Å². The van der Waals surface area contributed by atoms with Gasteiger partial charge in [-0.3, -0.25) is 0 Å². The third-order valence-electron chi connectivity index (χ3n) is 5.49. The molecule has 0 heterocycles. The Morgan fingerprint density at radius 1 is 1.20 bits per heavy atom. The minimum atomic E-state index is 0.283. The molecule has 2 atom stereocenters. The van der Waals surface area contributed by atoms with Gasteiger partial charge in [-0.05, 0) is 93.9 Å². The summed E-state index contributed by atoms with van der Waals surface area (Å²) in [6.45, 7) is 6.08. The molecule has 0 radical (unpaired) electrons. The number of aliphatic hydroxyl groups is 1. The van der Waals surface area contributed by atoms with Gasteiger partial charge in [-0.1, -0.05) is 24.6 Å². The molecule has 0 bridgehead atoms. The Balaban J connectivity index is 1.87. The summed E-state index contributed by atoms with van der Waals surface area (Å²) in [5.41, 5.74) is 10.5. The number of nitrogens with two attached hydrogens (primary N) is 1. The van der Waals surface area contributed by atoms with Gasteiger partial charge in [0, 0.05) is 13.2 Å². The number of hydrogen-bond donors (Lipinski definition) is 2. The molecule has 0 aliphatic heterocycles. The molecule has 0 unspecified atom stereocenters. The predicted octanol–water partition coefficient (Wildman–Crippen LogP) is 4.20. The molecule has 0 saturated heterocycles. The molecule has 3 heteroatoms. The first-order valence-electron chi connectivity index (χ1n) is 10.2. The minimum Gasteiger partial charge on any atom is -0.396 e. The zero-order valence-corrected chi connectivity index (χ0v) is 16.2. The second-order valence-corrected chi connectivity index (χ2v) is 7.85. The second kappa shape index (κ2) is 10.9. The van der Waals surface area contributed by atoms with E-state index in [0.29, 0.717) is 18.6 Å². The van der Waals surface area contributed by atoms with E-state index in [1.54, 1.807) is 0 Å². The van der Waals surface area contributed by atoms with Gasteiger partial charge < -0.3 is 15.6 Å². The molecule has 1 aliphatic carbocycles. The van der Waals surface area contributed by atoms with Gasteiger partial charge >= 0.3 is 0 Å². The quantitative estimate of drug-likeness (QED) is 0.590. The van der Waals surface area contributed by atoms with E-state index in [1.165, 1.54) is 48.8 Å². The molecule has 3 N–H and O–H groups in total. The van der Waals surface area contributed by atoms with Crippen LogP contribution < -0.4 is 5.73 Å². The molecule has 142 valence electrons. The lowest BCUT2D eigenvalue weighted by Crippen LogP contribution is -2.17. The maximum atomic E-state index is 8.97. The molecule has 3 nitrogen and oxygen atoms in total. The first kappa shape index (κ1) is 20.4. The summed E-state index contributed by atoms with van der Waals surface area (Å²) in [7, 11) is 0. The van der Waals surface area contributed by atoms with Crippen molar-refractivity contribution in [3.63, 3.8) is 0 Å². The second-order valence-electron chi connectivity index (χ2n) is 7.85. The van der Waals surface area contributed by atoms with Crippen LogP contribution in [-0.4, -0.2) is 31.0 Å². The van der Waals surface area contributed by atoms with Gasteiger partial charge in [0.25, 0.3) is 0 Å². The SMILES string of the molecule is CC(C)OCCC[C@@H]1CCc2cc([C@H](CN)CCCCO)ccc2C1. The van der Waals surface area contributed by atoms with Crippen molar-refractivity contribution in [3.05, 3.63) is 34.9 Å². The van der Waals surface area contributed by atoms with Gasteiger partial charge in [0.2, 0.25) is 0 Å². The van der Waals surface area contributed by atoms with Crippen molar-refractivity contribution < 1.29 is 9.84 Å². The Morgan fingerprint density at radius 2 is 2.04 bits per heavy atom. The standard InChI is InChI=1S/C22H37NO2/c1-17(2)25-13-5-6-18-8-9-20-15-21(11-10-19(20)14-18)22(16-23)7-3-4-12-24/h10-11,15,17-18,22,24H,3-9,12-14,16,23H2,1-2H3/t18-,22+/m1/s1. The predicted molar refractivity (Wildman–Crippen MR) is 105 cm³/mol. The number of rotatable bonds is 11. The molecule has 0 amide bonds. The first-order chi connectivity index (χ1) is 12.1. The number of benzene rings is 1. The molecule has 1 aromatic carbocycles. The van der Waals surface area contributed by atoms with Crippen LogP contribution in [0.5, 0.6) is 0 Å². The topological polar surface area (TPSA) is 55.5 Å². The number of unbranched alkanes of at least 4 members (excludes halogenated alkanes) is 1. The van der Waals surface area contributed by atoms with Crippen molar-refractivity contribution in [2.45, 2.75) is 77.2 Å². The molecule has 2 rings (SSSR count). The van der Waals surface area contributed by atoms with Crippen LogP contribution in [0.25, 0.3) is 0 Å². The number of aryl methyl sites for hydroxylation is 1. The lowest BCUT2D eigenvalue weighted by Gasteiger charge is -2.26. The maximum Gasteiger partial charge on any atom is 0.0518 e. The van der Waals surface area contributed by atoms with Crippen LogP contribution in [0.3, 0.4) is 0 Å². The van der Waals surface area contributed by atoms with Crippen molar-refractivity contribution in [1.29, 1.82) is 0 Å². The normalized spacial score (nSPS) is 18.4. The molecule has 1 aromatic rings. The number of hydrogen-bond acceptors (Lipinski definition) is 3. The summed E-state index contributed by atoms with van der Waals surface area (Å²) in [5.74, 6) is 1.24. The average molecular weight is 348 g/mol. The van der Waals surface area contributed by atoms with Crippen LogP contribution in [0.4, 0.5) is 0 Å². The molecule has 0 saturated carbocycles. The maximum absolute atomic E-state index is 8.97. The van der Waals surface area contributed by atoms with Crippen LogP contribution in [0.2, 0.25) is 0 Å². The van der Waals surface area contributed by atoms with Crippen LogP contribution in [0.1, 0.15) is 75.0 Å². The van der Waals surface area contributed by atoms with Crippen LogP contribution >= 0.6 is 0 Å². The van der Waals surface area contributed by atoms with Gasteiger partial charge in [0.05, 0.1) is 6.10 Å². The highest BCUT2D eigenvalue weighted by Gasteiger charge is 2.20. The third kappa shape index (κ3) is 6.73. The van der Waals surface area contributed by atoms with Crippen molar-refractivity contribution in [1.82, 2.24) is 0 Å². The molecule has 0 spiro atoms. The van der Waals surface area contributed by atoms with Crippen molar-refractivity contribution >= 4 is 0 Å². The van der Waals surface area contributed by atoms with Crippen LogP contribution in [0.15, 0.2) is 18.2 Å². The average Bonchev–Trinajstić information content (AvgIpc) is 2.62. The molecular weight excluding hydrogens is 310 g/mol. The van der Waals surface area contributed by atoms with Crippen molar-refractivity contribution in [2.75, 3.05) is 19.8 Å². The molecule has 0 aromatic heterocycles. The van der Waals surface area contributed by atoms with E-state index >= 15 is 0 Å². The Kier molecular flexibility index (Phi) is 8.94. The van der Waals surface area contributed by atoms with E-state index in [0.717, 1.165) is 31.8 Å². The monoisotopic (exact) mass is 347 g/mol. The number of aliphatic hydroxyl groups excluding tert-OH is 1. The molecular formula is C22H37NO2. The highest BCUT2D eigenvalue weighted by Crippen LogP contribution is 2.31. The lowest BCUT2D eigenvalue weighted by molar-refractivity contribution is 0.0732. The van der Waals surface area contributed by atoms with Crippen LogP contribution in [0, 0.1) is 5.92 Å². The Labute approximate surface area is 154 Å². The van der Waals surface area contributed by atoms with E-state index in [1.807, 2.05) is 0 Å². The van der Waals surface area contributed by atoms with Gasteiger partial charge in [-0.2, -0.15) is 0 Å². The van der Waals surface area contributed by atoms with Crippen molar-refractivity contribution in [3.8, 4) is 0 Å².